The van der Waals surface area contributed by atoms with Crippen molar-refractivity contribution in [3.8, 4) is 0 Å². The number of nitrogens with zero attached hydrogens (tertiary/aromatic N) is 2. The molecule has 1 unspecified atom stereocenters. The summed E-state index contributed by atoms with van der Waals surface area (Å²) in [5.74, 6) is 0. The second-order valence-electron chi connectivity index (χ2n) is 6.19. The number of aryl methyl sites for hydroxylation is 2. The van der Waals surface area contributed by atoms with E-state index in [-0.39, 0.29) is 11.5 Å². The fourth-order valence-electron chi connectivity index (χ4n) is 3.25. The van der Waals surface area contributed by atoms with Gasteiger partial charge in [-0.2, -0.15) is 4.98 Å². The second-order valence-corrected chi connectivity index (χ2v) is 6.19. The van der Waals surface area contributed by atoms with Crippen LogP contribution in [-0.4, -0.2) is 29.3 Å². The van der Waals surface area contributed by atoms with Crippen LogP contribution < -0.4 is 4.90 Å². The normalized spacial score (nSPS) is 24.6. The number of hydrogen-bond donors (Lipinski definition) is 1. The molecule has 1 N–H and O–H groups in total. The van der Waals surface area contributed by atoms with E-state index in [9.17, 15) is 5.11 Å². The zero-order valence-corrected chi connectivity index (χ0v) is 11.3. The van der Waals surface area contributed by atoms with Crippen molar-refractivity contribution < 1.29 is 9.52 Å². The van der Waals surface area contributed by atoms with Crippen LogP contribution in [0.1, 0.15) is 24.0 Å². The lowest BCUT2D eigenvalue weighted by Gasteiger charge is -2.11. The number of rotatable bonds is 1. The molecular weight excluding hydrogens is 240 g/mol. The number of oxazole rings is 1. The Bertz CT molecular complexity index is 657. The monoisotopic (exact) mass is 258 g/mol. The largest absolute Gasteiger partial charge is 0.423 e. The van der Waals surface area contributed by atoms with Gasteiger partial charge in [-0.3, -0.25) is 0 Å². The number of β-amino-alcohol motifs (C(OH)–C–C–N with tert-alkyl or cyclic N) is 1. The van der Waals surface area contributed by atoms with Crippen molar-refractivity contribution in [1.82, 2.24) is 4.98 Å². The summed E-state index contributed by atoms with van der Waals surface area (Å²) in [5.41, 5.74) is 4.23. The van der Waals surface area contributed by atoms with E-state index >= 15 is 0 Å². The topological polar surface area (TPSA) is 49.5 Å². The maximum atomic E-state index is 10.1. The molecule has 1 spiro atoms. The van der Waals surface area contributed by atoms with Crippen LogP contribution in [0.4, 0.5) is 6.01 Å². The van der Waals surface area contributed by atoms with Gasteiger partial charge in [0, 0.05) is 18.5 Å². The highest BCUT2D eigenvalue weighted by atomic mass is 16.4. The van der Waals surface area contributed by atoms with Crippen LogP contribution in [0.15, 0.2) is 16.5 Å². The Hall–Kier alpha value is -1.55. The minimum Gasteiger partial charge on any atom is -0.423 e. The van der Waals surface area contributed by atoms with E-state index in [1.165, 1.54) is 5.56 Å². The third-order valence-electron chi connectivity index (χ3n) is 4.58. The second kappa shape index (κ2) is 3.51. The first-order valence-corrected chi connectivity index (χ1v) is 6.88. The summed E-state index contributed by atoms with van der Waals surface area (Å²) >= 11 is 0. The highest BCUT2D eigenvalue weighted by molar-refractivity contribution is 5.79. The van der Waals surface area contributed by atoms with Crippen molar-refractivity contribution in [2.24, 2.45) is 5.41 Å². The first kappa shape index (κ1) is 11.3. The summed E-state index contributed by atoms with van der Waals surface area (Å²) in [5, 5.41) is 10.1. The summed E-state index contributed by atoms with van der Waals surface area (Å²) in [4.78, 5) is 6.68. The van der Waals surface area contributed by atoms with Gasteiger partial charge in [-0.05, 0) is 43.9 Å². The van der Waals surface area contributed by atoms with Crippen molar-refractivity contribution in [3.63, 3.8) is 0 Å². The smallest absolute Gasteiger partial charge is 0.298 e. The number of fused-ring (bicyclic) bond motifs is 1. The highest BCUT2D eigenvalue weighted by Crippen LogP contribution is 2.53. The summed E-state index contributed by atoms with van der Waals surface area (Å²) in [6.07, 6.45) is 2.02. The molecule has 100 valence electrons. The molecule has 4 nitrogen and oxygen atoms in total. The number of aliphatic hydroxyl groups excluding tert-OH is 1. The van der Waals surface area contributed by atoms with Gasteiger partial charge in [0.2, 0.25) is 0 Å². The van der Waals surface area contributed by atoms with Crippen LogP contribution >= 0.6 is 0 Å². The molecule has 0 amide bonds. The predicted octanol–water partition coefficient (Wildman–Crippen LogP) is 2.41. The van der Waals surface area contributed by atoms with Gasteiger partial charge in [0.25, 0.3) is 6.01 Å². The summed E-state index contributed by atoms with van der Waals surface area (Å²) in [7, 11) is 0. The molecule has 2 fully saturated rings. The minimum atomic E-state index is -0.231. The number of aliphatic hydroxyl groups is 1. The predicted molar refractivity (Wildman–Crippen MR) is 73.4 cm³/mol. The van der Waals surface area contributed by atoms with Crippen LogP contribution in [0, 0.1) is 19.3 Å². The van der Waals surface area contributed by atoms with Crippen molar-refractivity contribution in [2.75, 3.05) is 18.0 Å². The molecule has 1 saturated heterocycles. The fraction of sp³-hybridized carbons (Fsp3) is 0.533. The average Bonchev–Trinajstić information content (AvgIpc) is 2.87. The van der Waals surface area contributed by atoms with Gasteiger partial charge >= 0.3 is 0 Å². The van der Waals surface area contributed by atoms with E-state index in [0.717, 1.165) is 36.0 Å². The molecule has 1 aliphatic carbocycles. The van der Waals surface area contributed by atoms with Gasteiger partial charge < -0.3 is 14.4 Å². The molecule has 1 aromatic heterocycles. The van der Waals surface area contributed by atoms with Crippen molar-refractivity contribution >= 4 is 17.1 Å². The highest BCUT2D eigenvalue weighted by Gasteiger charge is 2.55. The molecule has 1 aromatic carbocycles. The van der Waals surface area contributed by atoms with E-state index in [1.807, 2.05) is 6.92 Å². The van der Waals surface area contributed by atoms with Crippen LogP contribution in [-0.2, 0) is 0 Å². The summed E-state index contributed by atoms with van der Waals surface area (Å²) in [6.45, 7) is 5.63. The van der Waals surface area contributed by atoms with E-state index in [2.05, 4.69) is 28.9 Å². The summed E-state index contributed by atoms with van der Waals surface area (Å²) < 4.78 is 5.91. The molecule has 0 radical (unpaired) electrons. The van der Waals surface area contributed by atoms with E-state index in [0.29, 0.717) is 12.6 Å². The molecular formula is C15H18N2O2. The van der Waals surface area contributed by atoms with Crippen LogP contribution in [0.5, 0.6) is 0 Å². The van der Waals surface area contributed by atoms with Gasteiger partial charge in [0.15, 0.2) is 5.58 Å². The minimum absolute atomic E-state index is 0.131. The average molecular weight is 258 g/mol. The quantitative estimate of drug-likeness (QED) is 0.853. The molecule has 0 bridgehead atoms. The van der Waals surface area contributed by atoms with E-state index in [1.54, 1.807) is 0 Å². The Balaban J connectivity index is 1.74. The third-order valence-corrected chi connectivity index (χ3v) is 4.58. The lowest BCUT2D eigenvalue weighted by atomic mass is 10.0. The Morgan fingerprint density at radius 1 is 1.37 bits per heavy atom. The van der Waals surface area contributed by atoms with Crippen LogP contribution in [0.25, 0.3) is 11.1 Å². The molecule has 2 heterocycles. The molecule has 4 heteroatoms. The third kappa shape index (κ3) is 1.59. The molecule has 1 saturated carbocycles. The SMILES string of the molecule is Cc1cc(C)c2oc(N3CC(O)C4(CC4)C3)nc2c1. The number of anilines is 1. The standard InChI is InChI=1S/C15H18N2O2/c1-9-5-10(2)13-11(6-9)16-14(19-13)17-7-12(18)15(8-17)3-4-15/h5-6,12,18H,3-4,7-8H2,1-2H3. The molecule has 2 aliphatic rings. The van der Waals surface area contributed by atoms with Crippen molar-refractivity contribution in [1.29, 1.82) is 0 Å². The molecule has 2 aromatic rings. The number of hydrogen-bond acceptors (Lipinski definition) is 4. The number of aromatic nitrogens is 1. The van der Waals surface area contributed by atoms with Crippen LogP contribution in [0.3, 0.4) is 0 Å². The zero-order chi connectivity index (χ0) is 13.2. The Kier molecular flexibility index (Phi) is 2.09. The summed E-state index contributed by atoms with van der Waals surface area (Å²) in [6, 6.07) is 4.82. The van der Waals surface area contributed by atoms with Crippen LogP contribution in [0.2, 0.25) is 0 Å². The van der Waals surface area contributed by atoms with Gasteiger partial charge in [-0.25, -0.2) is 0 Å². The maximum Gasteiger partial charge on any atom is 0.298 e. The van der Waals surface area contributed by atoms with Crippen molar-refractivity contribution in [3.05, 3.63) is 23.3 Å². The first-order chi connectivity index (χ1) is 9.07. The van der Waals surface area contributed by atoms with Gasteiger partial charge in [0.05, 0.1) is 6.10 Å². The van der Waals surface area contributed by atoms with Gasteiger partial charge in [0.1, 0.15) is 5.52 Å². The lowest BCUT2D eigenvalue weighted by molar-refractivity contribution is 0.136. The lowest BCUT2D eigenvalue weighted by Crippen LogP contribution is -2.21. The Morgan fingerprint density at radius 3 is 2.84 bits per heavy atom. The maximum absolute atomic E-state index is 10.1. The molecule has 1 aliphatic heterocycles. The fourth-order valence-corrected chi connectivity index (χ4v) is 3.25. The Labute approximate surface area is 112 Å². The van der Waals surface area contributed by atoms with E-state index < -0.39 is 0 Å². The molecule has 1 atom stereocenters. The molecule has 4 rings (SSSR count). The first-order valence-electron chi connectivity index (χ1n) is 6.88. The zero-order valence-electron chi connectivity index (χ0n) is 11.3. The molecule has 19 heavy (non-hydrogen) atoms. The Morgan fingerprint density at radius 2 is 2.16 bits per heavy atom. The van der Waals surface area contributed by atoms with Gasteiger partial charge in [-0.15, -0.1) is 0 Å². The van der Waals surface area contributed by atoms with Gasteiger partial charge in [-0.1, -0.05) is 6.07 Å². The van der Waals surface area contributed by atoms with E-state index in [4.69, 9.17) is 4.42 Å². The number of benzene rings is 1. The van der Waals surface area contributed by atoms with Crippen molar-refractivity contribution in [2.45, 2.75) is 32.8 Å².